The van der Waals surface area contributed by atoms with Crippen LogP contribution >= 0.6 is 11.6 Å². The molecule has 2 aromatic carbocycles. The van der Waals surface area contributed by atoms with Crippen LogP contribution in [-0.4, -0.2) is 37.0 Å². The van der Waals surface area contributed by atoms with Gasteiger partial charge in [0.05, 0.1) is 19.2 Å². The largest absolute Gasteiger partial charge is 0.496 e. The molecule has 1 aliphatic heterocycles. The third-order valence-corrected chi connectivity index (χ3v) is 4.62. The van der Waals surface area contributed by atoms with Crippen LogP contribution in [0.1, 0.15) is 16.7 Å². The van der Waals surface area contributed by atoms with Gasteiger partial charge in [-0.25, -0.2) is 0 Å². The third kappa shape index (κ3) is 3.83. The Hall–Kier alpha value is -2.79. The van der Waals surface area contributed by atoms with Crippen molar-refractivity contribution in [2.75, 3.05) is 20.3 Å². The molecular formula is C21H20ClNO4. The molecule has 0 unspecified atom stereocenters. The zero-order valence-electron chi connectivity index (χ0n) is 15.4. The zero-order valence-corrected chi connectivity index (χ0v) is 16.2. The predicted molar refractivity (Wildman–Crippen MR) is 104 cm³/mol. The van der Waals surface area contributed by atoms with Crippen molar-refractivity contribution in [3.8, 4) is 11.5 Å². The van der Waals surface area contributed by atoms with Crippen molar-refractivity contribution in [1.29, 1.82) is 0 Å². The number of halogens is 1. The topological polar surface area (TPSA) is 55.8 Å². The van der Waals surface area contributed by atoms with Gasteiger partial charge in [-0.1, -0.05) is 35.9 Å². The van der Waals surface area contributed by atoms with Crippen molar-refractivity contribution < 1.29 is 19.1 Å². The van der Waals surface area contributed by atoms with Gasteiger partial charge in [-0.3, -0.25) is 14.5 Å². The number of nitrogens with zero attached hydrogens (tertiary/aromatic N) is 1. The van der Waals surface area contributed by atoms with Crippen molar-refractivity contribution in [2.45, 2.75) is 13.8 Å². The molecule has 6 heteroatoms. The van der Waals surface area contributed by atoms with Gasteiger partial charge in [0, 0.05) is 5.56 Å². The highest BCUT2D eigenvalue weighted by Crippen LogP contribution is 2.36. The van der Waals surface area contributed by atoms with Gasteiger partial charge in [0.2, 0.25) is 0 Å². The summed E-state index contributed by atoms with van der Waals surface area (Å²) >= 11 is 6.19. The first-order chi connectivity index (χ1) is 12.9. The number of hydrogen-bond acceptors (Lipinski definition) is 4. The van der Waals surface area contributed by atoms with E-state index in [1.807, 2.05) is 32.0 Å². The molecule has 0 spiro atoms. The molecule has 2 aromatic rings. The van der Waals surface area contributed by atoms with Crippen molar-refractivity contribution in [1.82, 2.24) is 4.90 Å². The average molecular weight is 386 g/mol. The molecule has 2 amide bonds. The second-order valence-electron chi connectivity index (χ2n) is 6.32. The lowest BCUT2D eigenvalue weighted by molar-refractivity contribution is -0.137. The van der Waals surface area contributed by atoms with Gasteiger partial charge in [-0.2, -0.15) is 0 Å². The standard InChI is InChI=1S/C21H20ClNO4/c1-13-10-14(2)12-15(11-13)27-9-8-23-20(24)18(19(22)21(23)25)16-6-4-5-7-17(16)26-3/h4-7,10-12H,8-9H2,1-3H3. The maximum Gasteiger partial charge on any atom is 0.273 e. The Morgan fingerprint density at radius 2 is 1.67 bits per heavy atom. The second-order valence-corrected chi connectivity index (χ2v) is 6.70. The Bertz CT molecular complexity index is 915. The fraction of sp³-hybridized carbons (Fsp3) is 0.238. The van der Waals surface area contributed by atoms with Crippen molar-refractivity contribution in [2.24, 2.45) is 0 Å². The molecule has 0 aromatic heterocycles. The van der Waals surface area contributed by atoms with E-state index in [1.54, 1.807) is 24.3 Å². The zero-order chi connectivity index (χ0) is 19.6. The van der Waals surface area contributed by atoms with Gasteiger partial charge >= 0.3 is 0 Å². The summed E-state index contributed by atoms with van der Waals surface area (Å²) in [5.41, 5.74) is 2.83. The lowest BCUT2D eigenvalue weighted by atomic mass is 10.1. The summed E-state index contributed by atoms with van der Waals surface area (Å²) in [7, 11) is 1.50. The van der Waals surface area contributed by atoms with E-state index in [0.29, 0.717) is 17.1 Å². The molecule has 0 saturated carbocycles. The molecule has 0 radical (unpaired) electrons. The van der Waals surface area contributed by atoms with Gasteiger partial charge in [-0.05, 0) is 43.2 Å². The number of methoxy groups -OCH3 is 1. The third-order valence-electron chi connectivity index (χ3n) is 4.27. The number of carbonyl (C=O) groups is 2. The molecule has 3 rings (SSSR count). The number of benzene rings is 2. The van der Waals surface area contributed by atoms with Crippen LogP contribution in [0.15, 0.2) is 47.5 Å². The van der Waals surface area contributed by atoms with E-state index in [9.17, 15) is 9.59 Å². The maximum absolute atomic E-state index is 12.8. The van der Waals surface area contributed by atoms with Crippen LogP contribution in [0.25, 0.3) is 5.57 Å². The summed E-state index contributed by atoms with van der Waals surface area (Å²) in [4.78, 5) is 26.4. The SMILES string of the molecule is COc1ccccc1C1=C(Cl)C(=O)N(CCOc2cc(C)cc(C)c2)C1=O. The summed E-state index contributed by atoms with van der Waals surface area (Å²) in [5, 5.41) is -0.101. The first-order valence-electron chi connectivity index (χ1n) is 8.53. The fourth-order valence-corrected chi connectivity index (χ4v) is 3.39. The van der Waals surface area contributed by atoms with Gasteiger partial charge < -0.3 is 9.47 Å². The smallest absolute Gasteiger partial charge is 0.273 e. The normalized spacial score (nSPS) is 14.1. The molecule has 1 heterocycles. The predicted octanol–water partition coefficient (Wildman–Crippen LogP) is 3.71. The number of aryl methyl sites for hydroxylation is 2. The minimum absolute atomic E-state index is 0.101. The summed E-state index contributed by atoms with van der Waals surface area (Å²) < 4.78 is 11.0. The van der Waals surface area contributed by atoms with E-state index < -0.39 is 11.8 Å². The van der Waals surface area contributed by atoms with Crippen LogP contribution in [0.5, 0.6) is 11.5 Å². The van der Waals surface area contributed by atoms with Gasteiger partial charge in [0.25, 0.3) is 11.8 Å². The van der Waals surface area contributed by atoms with E-state index in [0.717, 1.165) is 16.0 Å². The van der Waals surface area contributed by atoms with E-state index >= 15 is 0 Å². The molecule has 1 aliphatic rings. The summed E-state index contributed by atoms with van der Waals surface area (Å²) in [6, 6.07) is 12.8. The van der Waals surface area contributed by atoms with E-state index in [4.69, 9.17) is 21.1 Å². The van der Waals surface area contributed by atoms with Gasteiger partial charge in [-0.15, -0.1) is 0 Å². The lowest BCUT2D eigenvalue weighted by Crippen LogP contribution is -2.35. The Kier molecular flexibility index (Phi) is 5.51. The molecule has 0 saturated heterocycles. The Morgan fingerprint density at radius 1 is 1.00 bits per heavy atom. The summed E-state index contributed by atoms with van der Waals surface area (Å²) in [6.45, 7) is 4.26. The number of carbonyl (C=O) groups excluding carboxylic acids is 2. The Morgan fingerprint density at radius 3 is 2.33 bits per heavy atom. The highest BCUT2D eigenvalue weighted by atomic mass is 35.5. The van der Waals surface area contributed by atoms with E-state index in [1.165, 1.54) is 7.11 Å². The molecule has 0 bridgehead atoms. The quantitative estimate of drug-likeness (QED) is 0.711. The van der Waals surface area contributed by atoms with Crippen molar-refractivity contribution in [3.63, 3.8) is 0 Å². The highest BCUT2D eigenvalue weighted by Gasteiger charge is 2.39. The van der Waals surface area contributed by atoms with E-state index in [-0.39, 0.29) is 23.8 Å². The van der Waals surface area contributed by atoms with E-state index in [2.05, 4.69) is 0 Å². The molecule has 5 nitrogen and oxygen atoms in total. The number of hydrogen-bond donors (Lipinski definition) is 0. The first kappa shape index (κ1) is 19.0. The summed E-state index contributed by atoms with van der Waals surface area (Å²) in [6.07, 6.45) is 0. The molecular weight excluding hydrogens is 366 g/mol. The summed E-state index contributed by atoms with van der Waals surface area (Å²) in [5.74, 6) is 0.223. The van der Waals surface area contributed by atoms with Crippen molar-refractivity contribution in [3.05, 3.63) is 64.2 Å². The number of imide groups is 1. The van der Waals surface area contributed by atoms with Crippen LogP contribution in [0.4, 0.5) is 0 Å². The molecule has 0 N–H and O–H groups in total. The molecule has 0 fully saturated rings. The van der Waals surface area contributed by atoms with Crippen LogP contribution in [0.3, 0.4) is 0 Å². The Balaban J connectivity index is 1.74. The maximum atomic E-state index is 12.8. The first-order valence-corrected chi connectivity index (χ1v) is 8.90. The van der Waals surface area contributed by atoms with Crippen LogP contribution in [0, 0.1) is 13.8 Å². The van der Waals surface area contributed by atoms with Gasteiger partial charge in [0.15, 0.2) is 0 Å². The fourth-order valence-electron chi connectivity index (χ4n) is 3.11. The minimum atomic E-state index is -0.522. The minimum Gasteiger partial charge on any atom is -0.496 e. The number of ether oxygens (including phenoxy) is 2. The van der Waals surface area contributed by atoms with Gasteiger partial charge in [0.1, 0.15) is 23.1 Å². The Labute approximate surface area is 163 Å². The molecule has 27 heavy (non-hydrogen) atoms. The second kappa shape index (κ2) is 7.84. The van der Waals surface area contributed by atoms with Crippen LogP contribution < -0.4 is 9.47 Å². The molecule has 140 valence electrons. The average Bonchev–Trinajstić information content (AvgIpc) is 2.84. The monoisotopic (exact) mass is 385 g/mol. The molecule has 0 atom stereocenters. The number of amides is 2. The number of rotatable bonds is 6. The lowest BCUT2D eigenvalue weighted by Gasteiger charge is -2.16. The van der Waals surface area contributed by atoms with Crippen LogP contribution in [0.2, 0.25) is 0 Å². The van der Waals surface area contributed by atoms with Crippen molar-refractivity contribution >= 4 is 29.0 Å². The number of para-hydroxylation sites is 1. The molecule has 0 aliphatic carbocycles. The highest BCUT2D eigenvalue weighted by molar-refractivity contribution is 6.55. The van der Waals surface area contributed by atoms with Crippen LogP contribution in [-0.2, 0) is 9.59 Å².